The molecule has 106 valence electrons. The van der Waals surface area contributed by atoms with Gasteiger partial charge in [-0.05, 0) is 17.7 Å². The van der Waals surface area contributed by atoms with Crippen LogP contribution >= 0.6 is 11.3 Å². The molecular formula is C16H11F2NOS. The topological polar surface area (TPSA) is 33.1 Å². The van der Waals surface area contributed by atoms with Crippen LogP contribution in [0.15, 0.2) is 53.9 Å². The van der Waals surface area contributed by atoms with Crippen molar-refractivity contribution in [3.05, 3.63) is 76.1 Å². The lowest BCUT2D eigenvalue weighted by molar-refractivity contribution is 0.220. The standard InChI is InChI=1S/C16H11F2NOS/c17-11-6-7-12(13(18)8-11)14-9-21-16(19-14)15(20)10-4-2-1-3-5-10/h1-9,15,20H. The van der Waals surface area contributed by atoms with E-state index in [9.17, 15) is 13.9 Å². The van der Waals surface area contributed by atoms with Crippen LogP contribution in [0.3, 0.4) is 0 Å². The van der Waals surface area contributed by atoms with Gasteiger partial charge in [0.05, 0.1) is 5.69 Å². The molecule has 1 unspecified atom stereocenters. The number of hydrogen-bond donors (Lipinski definition) is 1. The predicted octanol–water partition coefficient (Wildman–Crippen LogP) is 4.17. The summed E-state index contributed by atoms with van der Waals surface area (Å²) >= 11 is 1.24. The molecule has 2 aromatic carbocycles. The fraction of sp³-hybridized carbons (Fsp3) is 0.0625. The number of halogens is 2. The van der Waals surface area contributed by atoms with Gasteiger partial charge in [-0.1, -0.05) is 30.3 Å². The molecular weight excluding hydrogens is 292 g/mol. The Hall–Kier alpha value is -2.11. The van der Waals surface area contributed by atoms with Crippen LogP contribution in [0.1, 0.15) is 16.7 Å². The van der Waals surface area contributed by atoms with Crippen molar-refractivity contribution >= 4 is 11.3 Å². The van der Waals surface area contributed by atoms with Gasteiger partial charge in [-0.3, -0.25) is 0 Å². The molecule has 0 aliphatic carbocycles. The molecule has 0 radical (unpaired) electrons. The van der Waals surface area contributed by atoms with Gasteiger partial charge < -0.3 is 5.11 Å². The van der Waals surface area contributed by atoms with Crippen LogP contribution in [0.4, 0.5) is 8.78 Å². The molecule has 0 spiro atoms. The Kier molecular flexibility index (Phi) is 3.77. The Labute approximate surface area is 124 Å². The van der Waals surface area contributed by atoms with Gasteiger partial charge in [0.1, 0.15) is 22.7 Å². The van der Waals surface area contributed by atoms with E-state index >= 15 is 0 Å². The first-order valence-corrected chi connectivity index (χ1v) is 7.17. The van der Waals surface area contributed by atoms with E-state index in [1.54, 1.807) is 17.5 Å². The first-order chi connectivity index (χ1) is 10.1. The summed E-state index contributed by atoms with van der Waals surface area (Å²) < 4.78 is 26.7. The van der Waals surface area contributed by atoms with Gasteiger partial charge in [-0.15, -0.1) is 11.3 Å². The lowest BCUT2D eigenvalue weighted by Crippen LogP contribution is -1.98. The minimum absolute atomic E-state index is 0.221. The Balaban J connectivity index is 1.93. The van der Waals surface area contributed by atoms with E-state index in [0.717, 1.165) is 11.6 Å². The second-order valence-electron chi connectivity index (χ2n) is 4.51. The SMILES string of the molecule is OC(c1ccccc1)c1nc(-c2ccc(F)cc2F)cs1. The third-order valence-electron chi connectivity index (χ3n) is 3.08. The number of aromatic nitrogens is 1. The molecule has 1 heterocycles. The zero-order valence-corrected chi connectivity index (χ0v) is 11.6. The van der Waals surface area contributed by atoms with Crippen molar-refractivity contribution in [1.29, 1.82) is 0 Å². The van der Waals surface area contributed by atoms with Gasteiger partial charge in [0.15, 0.2) is 0 Å². The molecule has 1 N–H and O–H groups in total. The third kappa shape index (κ3) is 2.84. The number of aliphatic hydroxyl groups is 1. The summed E-state index contributed by atoms with van der Waals surface area (Å²) in [5.41, 5.74) is 1.33. The van der Waals surface area contributed by atoms with Crippen LogP contribution in [0.5, 0.6) is 0 Å². The Morgan fingerprint density at radius 3 is 2.52 bits per heavy atom. The number of nitrogens with zero attached hydrogens (tertiary/aromatic N) is 1. The fourth-order valence-corrected chi connectivity index (χ4v) is 2.84. The molecule has 0 aliphatic rings. The Morgan fingerprint density at radius 2 is 1.81 bits per heavy atom. The number of rotatable bonds is 3. The van der Waals surface area contributed by atoms with Gasteiger partial charge in [0.2, 0.25) is 0 Å². The highest BCUT2D eigenvalue weighted by Gasteiger charge is 2.16. The molecule has 1 aromatic heterocycles. The van der Waals surface area contributed by atoms with Crippen LogP contribution in [0.2, 0.25) is 0 Å². The van der Waals surface area contributed by atoms with Gasteiger partial charge in [0.25, 0.3) is 0 Å². The molecule has 3 aromatic rings. The average molecular weight is 303 g/mol. The molecule has 0 bridgehead atoms. The smallest absolute Gasteiger partial charge is 0.135 e. The summed E-state index contributed by atoms with van der Waals surface area (Å²) in [5.74, 6) is -1.29. The number of hydrogen-bond acceptors (Lipinski definition) is 3. The largest absolute Gasteiger partial charge is 0.381 e. The molecule has 2 nitrogen and oxygen atoms in total. The van der Waals surface area contributed by atoms with Crippen molar-refractivity contribution in [3.8, 4) is 11.3 Å². The highest BCUT2D eigenvalue weighted by molar-refractivity contribution is 7.10. The Morgan fingerprint density at radius 1 is 1.05 bits per heavy atom. The molecule has 0 saturated carbocycles. The molecule has 1 atom stereocenters. The van der Waals surface area contributed by atoms with E-state index < -0.39 is 17.7 Å². The second kappa shape index (κ2) is 5.71. The summed E-state index contributed by atoms with van der Waals surface area (Å²) in [7, 11) is 0. The van der Waals surface area contributed by atoms with E-state index in [1.165, 1.54) is 23.5 Å². The lowest BCUT2D eigenvalue weighted by Gasteiger charge is -2.07. The number of thiazole rings is 1. The van der Waals surface area contributed by atoms with Crippen LogP contribution in [-0.4, -0.2) is 10.1 Å². The summed E-state index contributed by atoms with van der Waals surface area (Å²) in [6, 6.07) is 12.5. The number of aliphatic hydroxyl groups excluding tert-OH is 1. The van der Waals surface area contributed by atoms with Crippen LogP contribution in [0, 0.1) is 11.6 Å². The van der Waals surface area contributed by atoms with Crippen LogP contribution in [0.25, 0.3) is 11.3 Å². The van der Waals surface area contributed by atoms with Crippen molar-refractivity contribution in [2.75, 3.05) is 0 Å². The maximum atomic E-state index is 13.7. The average Bonchev–Trinajstić information content (AvgIpc) is 2.97. The van der Waals surface area contributed by atoms with Crippen molar-refractivity contribution in [1.82, 2.24) is 4.98 Å². The van der Waals surface area contributed by atoms with Crippen molar-refractivity contribution in [3.63, 3.8) is 0 Å². The molecule has 21 heavy (non-hydrogen) atoms. The molecule has 0 amide bonds. The molecule has 0 saturated heterocycles. The fourth-order valence-electron chi connectivity index (χ4n) is 2.01. The van der Waals surface area contributed by atoms with E-state index in [-0.39, 0.29) is 5.56 Å². The molecule has 5 heteroatoms. The van der Waals surface area contributed by atoms with Crippen molar-refractivity contribution in [2.45, 2.75) is 6.10 Å². The summed E-state index contributed by atoms with van der Waals surface area (Å²) in [5, 5.41) is 12.4. The first kappa shape index (κ1) is 13.9. The van der Waals surface area contributed by atoms with E-state index in [0.29, 0.717) is 10.7 Å². The van der Waals surface area contributed by atoms with E-state index in [1.807, 2.05) is 18.2 Å². The molecule has 3 rings (SSSR count). The normalized spacial score (nSPS) is 12.3. The third-order valence-corrected chi connectivity index (χ3v) is 3.98. The second-order valence-corrected chi connectivity index (χ2v) is 5.40. The van der Waals surface area contributed by atoms with Crippen molar-refractivity contribution < 1.29 is 13.9 Å². The minimum atomic E-state index is -0.853. The minimum Gasteiger partial charge on any atom is -0.381 e. The highest BCUT2D eigenvalue weighted by atomic mass is 32.1. The van der Waals surface area contributed by atoms with E-state index in [4.69, 9.17) is 0 Å². The van der Waals surface area contributed by atoms with Gasteiger partial charge in [-0.2, -0.15) is 0 Å². The van der Waals surface area contributed by atoms with Crippen LogP contribution in [-0.2, 0) is 0 Å². The quantitative estimate of drug-likeness (QED) is 0.787. The maximum Gasteiger partial charge on any atom is 0.135 e. The highest BCUT2D eigenvalue weighted by Crippen LogP contribution is 2.30. The summed E-state index contributed by atoms with van der Waals surface area (Å²) in [6.07, 6.45) is -0.853. The molecule has 0 aliphatic heterocycles. The maximum absolute atomic E-state index is 13.7. The lowest BCUT2D eigenvalue weighted by atomic mass is 10.1. The monoisotopic (exact) mass is 303 g/mol. The first-order valence-electron chi connectivity index (χ1n) is 6.29. The zero-order valence-electron chi connectivity index (χ0n) is 10.8. The summed E-state index contributed by atoms with van der Waals surface area (Å²) in [4.78, 5) is 4.25. The van der Waals surface area contributed by atoms with E-state index in [2.05, 4.69) is 4.98 Å². The Bertz CT molecular complexity index is 758. The van der Waals surface area contributed by atoms with Gasteiger partial charge in [0, 0.05) is 17.0 Å². The predicted molar refractivity (Wildman–Crippen MR) is 78.0 cm³/mol. The summed E-state index contributed by atoms with van der Waals surface area (Å²) in [6.45, 7) is 0. The number of benzene rings is 2. The molecule has 0 fully saturated rings. The van der Waals surface area contributed by atoms with Gasteiger partial charge >= 0.3 is 0 Å². The zero-order chi connectivity index (χ0) is 14.8. The van der Waals surface area contributed by atoms with Crippen LogP contribution < -0.4 is 0 Å². The van der Waals surface area contributed by atoms with Crippen molar-refractivity contribution in [2.24, 2.45) is 0 Å². The van der Waals surface area contributed by atoms with Gasteiger partial charge in [-0.25, -0.2) is 13.8 Å².